The van der Waals surface area contributed by atoms with Crippen molar-refractivity contribution in [2.45, 2.75) is 31.8 Å². The van der Waals surface area contributed by atoms with E-state index in [0.29, 0.717) is 22.3 Å². The van der Waals surface area contributed by atoms with E-state index in [2.05, 4.69) is 24.2 Å². The topological polar surface area (TPSA) is 58.4 Å². The summed E-state index contributed by atoms with van der Waals surface area (Å²) in [6.07, 6.45) is 1.93. The van der Waals surface area contributed by atoms with Crippen LogP contribution in [0.2, 0.25) is 5.02 Å². The quantitative estimate of drug-likeness (QED) is 0.817. The molecule has 2 unspecified atom stereocenters. The number of hydrogen-bond donors (Lipinski definition) is 2. The summed E-state index contributed by atoms with van der Waals surface area (Å²) in [6, 6.07) is 5.65. The summed E-state index contributed by atoms with van der Waals surface area (Å²) >= 11 is 6.04. The molecule has 0 spiro atoms. The number of nitrogens with one attached hydrogen (secondary N) is 1. The van der Waals surface area contributed by atoms with Gasteiger partial charge in [-0.3, -0.25) is 4.79 Å². The number of nitrogens with zero attached hydrogens (tertiary/aromatic N) is 1. The standard InChI is InChI=1S/C14H20ClN3O/c1-9-7-11(5-6-18(9)2)17-14(19)12-8-10(16)3-4-13(12)15/h3-4,8-9,11H,5-7,16H2,1-2H3,(H,17,19). The Morgan fingerprint density at radius 1 is 1.53 bits per heavy atom. The fourth-order valence-electron chi connectivity index (χ4n) is 2.40. The van der Waals surface area contributed by atoms with Gasteiger partial charge in [0.25, 0.3) is 5.91 Å². The number of benzene rings is 1. The molecule has 1 amide bonds. The van der Waals surface area contributed by atoms with E-state index in [1.807, 2.05) is 0 Å². The van der Waals surface area contributed by atoms with Crippen LogP contribution in [0.3, 0.4) is 0 Å². The van der Waals surface area contributed by atoms with E-state index in [0.717, 1.165) is 19.4 Å². The van der Waals surface area contributed by atoms with Gasteiger partial charge in [0.1, 0.15) is 0 Å². The number of anilines is 1. The van der Waals surface area contributed by atoms with Gasteiger partial charge in [-0.2, -0.15) is 0 Å². The zero-order valence-electron chi connectivity index (χ0n) is 11.3. The van der Waals surface area contributed by atoms with Gasteiger partial charge in [0.05, 0.1) is 10.6 Å². The molecular formula is C14H20ClN3O. The molecule has 3 N–H and O–H groups in total. The largest absolute Gasteiger partial charge is 0.399 e. The van der Waals surface area contributed by atoms with E-state index in [9.17, 15) is 4.79 Å². The van der Waals surface area contributed by atoms with Gasteiger partial charge in [-0.1, -0.05) is 11.6 Å². The highest BCUT2D eigenvalue weighted by Crippen LogP contribution is 2.20. The van der Waals surface area contributed by atoms with Crippen molar-refractivity contribution in [3.63, 3.8) is 0 Å². The predicted octanol–water partition coefficient (Wildman–Crippen LogP) is 2.13. The Bertz CT molecular complexity index is 478. The van der Waals surface area contributed by atoms with Crippen molar-refractivity contribution < 1.29 is 4.79 Å². The summed E-state index contributed by atoms with van der Waals surface area (Å²) < 4.78 is 0. The van der Waals surface area contributed by atoms with Gasteiger partial charge in [0.2, 0.25) is 0 Å². The minimum Gasteiger partial charge on any atom is -0.399 e. The number of likely N-dealkylation sites (tertiary alicyclic amines) is 1. The number of hydrogen-bond acceptors (Lipinski definition) is 3. The highest BCUT2D eigenvalue weighted by molar-refractivity contribution is 6.34. The Morgan fingerprint density at radius 3 is 2.95 bits per heavy atom. The summed E-state index contributed by atoms with van der Waals surface area (Å²) in [5.74, 6) is -0.140. The van der Waals surface area contributed by atoms with E-state index in [4.69, 9.17) is 17.3 Å². The first-order chi connectivity index (χ1) is 8.97. The second-order valence-electron chi connectivity index (χ2n) is 5.26. The Morgan fingerprint density at radius 2 is 2.26 bits per heavy atom. The first kappa shape index (κ1) is 14.2. The third-order valence-electron chi connectivity index (χ3n) is 3.78. The minimum absolute atomic E-state index is 0.140. The van der Waals surface area contributed by atoms with Crippen molar-refractivity contribution >= 4 is 23.2 Å². The Hall–Kier alpha value is -1.26. The number of amides is 1. The molecule has 0 radical (unpaired) electrons. The van der Waals surface area contributed by atoms with Gasteiger partial charge >= 0.3 is 0 Å². The van der Waals surface area contributed by atoms with Crippen LogP contribution in [0.15, 0.2) is 18.2 Å². The van der Waals surface area contributed by atoms with Crippen molar-refractivity contribution in [2.75, 3.05) is 19.3 Å². The molecule has 0 aromatic heterocycles. The van der Waals surface area contributed by atoms with Gasteiger partial charge in [-0.05, 0) is 45.0 Å². The third kappa shape index (κ3) is 3.39. The number of nitrogens with two attached hydrogens (primary N) is 1. The molecule has 0 bridgehead atoms. The van der Waals surface area contributed by atoms with Crippen LogP contribution in [0, 0.1) is 0 Å². The average Bonchev–Trinajstić information content (AvgIpc) is 2.36. The van der Waals surface area contributed by atoms with Gasteiger partial charge in [0.15, 0.2) is 0 Å². The molecule has 0 aliphatic carbocycles. The summed E-state index contributed by atoms with van der Waals surface area (Å²) in [5, 5.41) is 3.49. The molecule has 0 saturated carbocycles. The second kappa shape index (κ2) is 5.80. The molecule has 4 nitrogen and oxygen atoms in total. The van der Waals surface area contributed by atoms with Gasteiger partial charge in [-0.15, -0.1) is 0 Å². The zero-order chi connectivity index (χ0) is 14.0. The van der Waals surface area contributed by atoms with Crippen LogP contribution in [-0.2, 0) is 0 Å². The Labute approximate surface area is 118 Å². The minimum atomic E-state index is -0.140. The maximum absolute atomic E-state index is 12.2. The third-order valence-corrected chi connectivity index (χ3v) is 4.11. The molecule has 5 heteroatoms. The number of carbonyl (C=O) groups excluding carboxylic acids is 1. The van der Waals surface area contributed by atoms with E-state index in [1.165, 1.54) is 0 Å². The highest BCUT2D eigenvalue weighted by Gasteiger charge is 2.24. The maximum atomic E-state index is 12.2. The number of carbonyl (C=O) groups is 1. The summed E-state index contributed by atoms with van der Waals surface area (Å²) in [6.45, 7) is 3.17. The van der Waals surface area contributed by atoms with Crippen LogP contribution in [-0.4, -0.2) is 36.5 Å². The first-order valence-electron chi connectivity index (χ1n) is 6.53. The molecular weight excluding hydrogens is 262 g/mol. The van der Waals surface area contributed by atoms with Crippen LogP contribution in [0.1, 0.15) is 30.1 Å². The molecule has 1 aliphatic rings. The molecule has 1 saturated heterocycles. The molecule has 2 rings (SSSR count). The van der Waals surface area contributed by atoms with Crippen molar-refractivity contribution in [3.05, 3.63) is 28.8 Å². The summed E-state index contributed by atoms with van der Waals surface area (Å²) in [4.78, 5) is 14.5. The monoisotopic (exact) mass is 281 g/mol. The summed E-state index contributed by atoms with van der Waals surface area (Å²) in [7, 11) is 2.11. The Balaban J connectivity index is 2.03. The van der Waals surface area contributed by atoms with E-state index in [1.54, 1.807) is 18.2 Å². The molecule has 1 aliphatic heterocycles. The predicted molar refractivity (Wildman–Crippen MR) is 78.4 cm³/mol. The Kier molecular flexibility index (Phi) is 4.32. The smallest absolute Gasteiger partial charge is 0.253 e. The first-order valence-corrected chi connectivity index (χ1v) is 6.91. The average molecular weight is 282 g/mol. The molecule has 1 heterocycles. The van der Waals surface area contributed by atoms with E-state index in [-0.39, 0.29) is 11.9 Å². The molecule has 1 fully saturated rings. The second-order valence-corrected chi connectivity index (χ2v) is 5.67. The molecule has 1 aromatic rings. The van der Waals surface area contributed by atoms with Crippen LogP contribution >= 0.6 is 11.6 Å². The van der Waals surface area contributed by atoms with Gasteiger partial charge in [0, 0.05) is 24.3 Å². The van der Waals surface area contributed by atoms with Gasteiger partial charge in [-0.25, -0.2) is 0 Å². The lowest BCUT2D eigenvalue weighted by Crippen LogP contribution is -2.47. The lowest BCUT2D eigenvalue weighted by Gasteiger charge is -2.35. The van der Waals surface area contributed by atoms with Crippen molar-refractivity contribution in [1.82, 2.24) is 10.2 Å². The van der Waals surface area contributed by atoms with Crippen molar-refractivity contribution in [2.24, 2.45) is 0 Å². The fraction of sp³-hybridized carbons (Fsp3) is 0.500. The zero-order valence-corrected chi connectivity index (χ0v) is 12.1. The molecule has 2 atom stereocenters. The SMILES string of the molecule is CC1CC(NC(=O)c2cc(N)ccc2Cl)CCN1C. The number of piperidine rings is 1. The number of rotatable bonds is 2. The van der Waals surface area contributed by atoms with Crippen LogP contribution in [0.4, 0.5) is 5.69 Å². The van der Waals surface area contributed by atoms with Crippen LogP contribution in [0.25, 0.3) is 0 Å². The molecule has 104 valence electrons. The van der Waals surface area contributed by atoms with E-state index >= 15 is 0 Å². The lowest BCUT2D eigenvalue weighted by atomic mass is 9.98. The normalized spacial score (nSPS) is 24.2. The van der Waals surface area contributed by atoms with Crippen molar-refractivity contribution in [1.29, 1.82) is 0 Å². The number of nitrogen functional groups attached to an aromatic ring is 1. The highest BCUT2D eigenvalue weighted by atomic mass is 35.5. The van der Waals surface area contributed by atoms with E-state index < -0.39 is 0 Å². The number of halogens is 1. The maximum Gasteiger partial charge on any atom is 0.253 e. The van der Waals surface area contributed by atoms with Crippen molar-refractivity contribution in [3.8, 4) is 0 Å². The molecule has 19 heavy (non-hydrogen) atoms. The van der Waals surface area contributed by atoms with Gasteiger partial charge < -0.3 is 16.0 Å². The fourth-order valence-corrected chi connectivity index (χ4v) is 2.60. The lowest BCUT2D eigenvalue weighted by molar-refractivity contribution is 0.0897. The molecule has 1 aromatic carbocycles. The summed E-state index contributed by atoms with van der Waals surface area (Å²) in [5.41, 5.74) is 6.69. The van der Waals surface area contributed by atoms with Crippen LogP contribution < -0.4 is 11.1 Å². The van der Waals surface area contributed by atoms with Crippen LogP contribution in [0.5, 0.6) is 0 Å².